The smallest absolute Gasteiger partial charge is 0.336 e. The van der Waals surface area contributed by atoms with Gasteiger partial charge in [-0.3, -0.25) is 0 Å². The standard InChI is InChI=1S/C16H21BrFNO2/c1-16(2,3)10-6-8-19(9-7-10)12-5-4-11(15(20)21)13(17)14(12)18/h4-5,10H,6-9H2,1-3H3,(H,20,21). The average molecular weight is 358 g/mol. The summed E-state index contributed by atoms with van der Waals surface area (Å²) in [5.74, 6) is -0.971. The molecule has 0 bridgehead atoms. The van der Waals surface area contributed by atoms with Gasteiger partial charge in [0.05, 0.1) is 15.7 Å². The van der Waals surface area contributed by atoms with Crippen molar-refractivity contribution in [2.75, 3.05) is 18.0 Å². The minimum atomic E-state index is -1.13. The first kappa shape index (κ1) is 16.3. The van der Waals surface area contributed by atoms with E-state index in [9.17, 15) is 9.18 Å². The lowest BCUT2D eigenvalue weighted by Crippen LogP contribution is -2.38. The molecule has 1 N–H and O–H groups in total. The van der Waals surface area contributed by atoms with E-state index in [-0.39, 0.29) is 15.5 Å². The summed E-state index contributed by atoms with van der Waals surface area (Å²) < 4.78 is 14.4. The van der Waals surface area contributed by atoms with Crippen molar-refractivity contribution >= 4 is 27.6 Å². The Bertz CT molecular complexity index is 546. The van der Waals surface area contributed by atoms with Gasteiger partial charge in [0.1, 0.15) is 0 Å². The van der Waals surface area contributed by atoms with Crippen molar-refractivity contribution in [3.63, 3.8) is 0 Å². The van der Waals surface area contributed by atoms with Gasteiger partial charge in [0.25, 0.3) is 0 Å². The predicted molar refractivity (Wildman–Crippen MR) is 85.5 cm³/mol. The maximum Gasteiger partial charge on any atom is 0.336 e. The zero-order valence-corrected chi connectivity index (χ0v) is 14.2. The molecule has 21 heavy (non-hydrogen) atoms. The Labute approximate surface area is 133 Å². The first-order valence-corrected chi connectivity index (χ1v) is 7.97. The minimum absolute atomic E-state index is 0.0328. The largest absolute Gasteiger partial charge is 0.478 e. The Morgan fingerprint density at radius 3 is 2.38 bits per heavy atom. The number of halogens is 2. The van der Waals surface area contributed by atoms with Gasteiger partial charge in [-0.2, -0.15) is 0 Å². The van der Waals surface area contributed by atoms with E-state index >= 15 is 0 Å². The molecule has 0 spiro atoms. The molecule has 1 aliphatic rings. The second-order valence-corrected chi connectivity index (χ2v) is 7.49. The van der Waals surface area contributed by atoms with Crippen molar-refractivity contribution in [1.29, 1.82) is 0 Å². The van der Waals surface area contributed by atoms with Crippen LogP contribution in [0.15, 0.2) is 16.6 Å². The van der Waals surface area contributed by atoms with Crippen LogP contribution in [0, 0.1) is 17.2 Å². The van der Waals surface area contributed by atoms with E-state index in [1.165, 1.54) is 6.07 Å². The lowest BCUT2D eigenvalue weighted by molar-refractivity contribution is 0.0695. The van der Waals surface area contributed by atoms with Gasteiger partial charge >= 0.3 is 5.97 Å². The average Bonchev–Trinajstić information content (AvgIpc) is 2.40. The van der Waals surface area contributed by atoms with E-state index in [0.717, 1.165) is 25.9 Å². The minimum Gasteiger partial charge on any atom is -0.478 e. The van der Waals surface area contributed by atoms with E-state index in [1.807, 2.05) is 4.90 Å². The molecular formula is C16H21BrFNO2. The van der Waals surface area contributed by atoms with Gasteiger partial charge in [0, 0.05) is 13.1 Å². The molecule has 116 valence electrons. The van der Waals surface area contributed by atoms with E-state index < -0.39 is 11.8 Å². The number of rotatable bonds is 2. The zero-order valence-electron chi connectivity index (χ0n) is 12.6. The molecule has 0 aliphatic carbocycles. The fourth-order valence-electron chi connectivity index (χ4n) is 2.94. The van der Waals surface area contributed by atoms with E-state index in [0.29, 0.717) is 11.6 Å². The van der Waals surface area contributed by atoms with Gasteiger partial charge in [-0.25, -0.2) is 9.18 Å². The molecule has 0 saturated carbocycles. The Hall–Kier alpha value is -1.10. The topological polar surface area (TPSA) is 40.5 Å². The molecule has 1 fully saturated rings. The molecular weight excluding hydrogens is 337 g/mol. The summed E-state index contributed by atoms with van der Waals surface area (Å²) in [5, 5.41) is 9.01. The van der Waals surface area contributed by atoms with Crippen LogP contribution >= 0.6 is 15.9 Å². The lowest BCUT2D eigenvalue weighted by atomic mass is 9.75. The first-order chi connectivity index (χ1) is 9.71. The van der Waals surface area contributed by atoms with Crippen LogP contribution in [-0.2, 0) is 0 Å². The number of aromatic carboxylic acids is 1. The van der Waals surface area contributed by atoms with Crippen LogP contribution in [0.2, 0.25) is 0 Å². The fourth-order valence-corrected chi connectivity index (χ4v) is 3.44. The van der Waals surface area contributed by atoms with Crippen LogP contribution in [0.5, 0.6) is 0 Å². The van der Waals surface area contributed by atoms with Gasteiger partial charge in [-0.1, -0.05) is 20.8 Å². The van der Waals surface area contributed by atoms with Crippen molar-refractivity contribution in [2.45, 2.75) is 33.6 Å². The highest BCUT2D eigenvalue weighted by Gasteiger charge is 2.30. The molecule has 1 aromatic rings. The summed E-state index contributed by atoms with van der Waals surface area (Å²) in [6.45, 7) is 8.33. The lowest BCUT2D eigenvalue weighted by Gasteiger charge is -2.39. The molecule has 1 aliphatic heterocycles. The second-order valence-electron chi connectivity index (χ2n) is 6.69. The molecule has 0 amide bonds. The van der Waals surface area contributed by atoms with Crippen LogP contribution in [-0.4, -0.2) is 24.2 Å². The molecule has 3 nitrogen and oxygen atoms in total. The number of carboxylic acids is 1. The van der Waals surface area contributed by atoms with Crippen LogP contribution in [0.3, 0.4) is 0 Å². The Morgan fingerprint density at radius 1 is 1.33 bits per heavy atom. The van der Waals surface area contributed by atoms with E-state index in [2.05, 4.69) is 36.7 Å². The number of nitrogens with zero attached hydrogens (tertiary/aromatic N) is 1. The molecule has 1 heterocycles. The Balaban J connectivity index is 2.18. The summed E-state index contributed by atoms with van der Waals surface area (Å²) in [6.07, 6.45) is 2.06. The molecule has 1 aromatic carbocycles. The van der Waals surface area contributed by atoms with Gasteiger partial charge in [-0.15, -0.1) is 0 Å². The maximum atomic E-state index is 14.4. The second kappa shape index (κ2) is 5.95. The normalized spacial score (nSPS) is 17.1. The summed E-state index contributed by atoms with van der Waals surface area (Å²) in [5.41, 5.74) is 0.721. The third kappa shape index (κ3) is 3.39. The van der Waals surface area contributed by atoms with Gasteiger partial charge < -0.3 is 10.0 Å². The quantitative estimate of drug-likeness (QED) is 0.843. The van der Waals surface area contributed by atoms with Crippen molar-refractivity contribution in [2.24, 2.45) is 11.3 Å². The highest BCUT2D eigenvalue weighted by molar-refractivity contribution is 9.10. The van der Waals surface area contributed by atoms with Crippen LogP contribution in [0.4, 0.5) is 10.1 Å². The SMILES string of the molecule is CC(C)(C)C1CCN(c2ccc(C(=O)O)c(Br)c2F)CC1. The van der Waals surface area contributed by atoms with Crippen molar-refractivity contribution < 1.29 is 14.3 Å². The van der Waals surface area contributed by atoms with Crippen molar-refractivity contribution in [3.8, 4) is 0 Å². The number of benzene rings is 1. The van der Waals surface area contributed by atoms with Gasteiger partial charge in [0.2, 0.25) is 0 Å². The summed E-state index contributed by atoms with van der Waals surface area (Å²) in [7, 11) is 0. The molecule has 2 rings (SSSR count). The molecule has 1 saturated heterocycles. The van der Waals surface area contributed by atoms with Crippen LogP contribution in [0.25, 0.3) is 0 Å². The number of anilines is 1. The third-order valence-corrected chi connectivity index (χ3v) is 5.13. The molecule has 0 atom stereocenters. The van der Waals surface area contributed by atoms with Crippen LogP contribution < -0.4 is 4.90 Å². The highest BCUT2D eigenvalue weighted by atomic mass is 79.9. The van der Waals surface area contributed by atoms with E-state index in [1.54, 1.807) is 6.07 Å². The number of hydrogen-bond acceptors (Lipinski definition) is 2. The number of hydrogen-bond donors (Lipinski definition) is 1. The molecule has 5 heteroatoms. The first-order valence-electron chi connectivity index (χ1n) is 7.18. The maximum absolute atomic E-state index is 14.4. The number of piperidine rings is 1. The zero-order chi connectivity index (χ0) is 15.8. The summed E-state index contributed by atoms with van der Waals surface area (Å²) >= 11 is 3.06. The predicted octanol–water partition coefficient (Wildman–Crippen LogP) is 4.55. The highest BCUT2D eigenvalue weighted by Crippen LogP contribution is 2.37. The summed E-state index contributed by atoms with van der Waals surface area (Å²) in [6, 6.07) is 3.03. The number of carbonyl (C=O) groups is 1. The molecule has 0 unspecified atom stereocenters. The van der Waals surface area contributed by atoms with Gasteiger partial charge in [0.15, 0.2) is 5.82 Å². The molecule has 0 aromatic heterocycles. The Morgan fingerprint density at radius 2 is 1.90 bits per heavy atom. The molecule has 0 radical (unpaired) electrons. The fraction of sp³-hybridized carbons (Fsp3) is 0.562. The Kier molecular flexibility index (Phi) is 4.61. The summed E-state index contributed by atoms with van der Waals surface area (Å²) in [4.78, 5) is 13.0. The number of carboxylic acid groups (broad SMARTS) is 1. The third-order valence-electron chi connectivity index (χ3n) is 4.35. The van der Waals surface area contributed by atoms with Gasteiger partial charge in [-0.05, 0) is 52.2 Å². The van der Waals surface area contributed by atoms with Crippen LogP contribution in [0.1, 0.15) is 44.0 Å². The van der Waals surface area contributed by atoms with Crippen molar-refractivity contribution in [3.05, 3.63) is 28.0 Å². The monoisotopic (exact) mass is 357 g/mol. The van der Waals surface area contributed by atoms with Crippen molar-refractivity contribution in [1.82, 2.24) is 0 Å². The van der Waals surface area contributed by atoms with E-state index in [4.69, 9.17) is 5.11 Å².